The van der Waals surface area contributed by atoms with Crippen molar-refractivity contribution in [3.8, 4) is 0 Å². The number of thioether (sulfide) groups is 1. The summed E-state index contributed by atoms with van der Waals surface area (Å²) in [5.41, 5.74) is 1.44. The van der Waals surface area contributed by atoms with Gasteiger partial charge in [0.15, 0.2) is 0 Å². The molecule has 94 valence electrons. The molecule has 0 saturated carbocycles. The maximum absolute atomic E-state index is 3.59. The Labute approximate surface area is 109 Å². The molecule has 2 atom stereocenters. The van der Waals surface area contributed by atoms with Gasteiger partial charge in [-0.05, 0) is 18.7 Å². The van der Waals surface area contributed by atoms with E-state index < -0.39 is 0 Å². The van der Waals surface area contributed by atoms with E-state index in [1.165, 1.54) is 17.9 Å². The van der Waals surface area contributed by atoms with Crippen molar-refractivity contribution in [2.75, 3.05) is 31.6 Å². The fourth-order valence-electron chi connectivity index (χ4n) is 2.44. The van der Waals surface area contributed by atoms with Gasteiger partial charge in [0, 0.05) is 37.5 Å². The van der Waals surface area contributed by atoms with Crippen molar-refractivity contribution in [2.45, 2.75) is 19.0 Å². The first kappa shape index (κ1) is 12.9. The minimum Gasteiger partial charge on any atom is -0.311 e. The summed E-state index contributed by atoms with van der Waals surface area (Å²) in [5, 5.41) is 3.59. The van der Waals surface area contributed by atoms with Crippen LogP contribution in [-0.4, -0.2) is 42.6 Å². The Balaban J connectivity index is 2.07. The van der Waals surface area contributed by atoms with Crippen LogP contribution < -0.4 is 5.32 Å². The van der Waals surface area contributed by atoms with Crippen LogP contribution in [0.3, 0.4) is 0 Å². The van der Waals surface area contributed by atoms with Gasteiger partial charge in [-0.1, -0.05) is 30.3 Å². The first-order valence-corrected chi connectivity index (χ1v) is 7.72. The van der Waals surface area contributed by atoms with Gasteiger partial charge in [-0.25, -0.2) is 0 Å². The van der Waals surface area contributed by atoms with Gasteiger partial charge in [0.05, 0.1) is 0 Å². The van der Waals surface area contributed by atoms with Crippen molar-refractivity contribution in [1.82, 2.24) is 10.2 Å². The average molecular weight is 250 g/mol. The van der Waals surface area contributed by atoms with Gasteiger partial charge in [-0.3, -0.25) is 4.90 Å². The minimum absolute atomic E-state index is 0.541. The quantitative estimate of drug-likeness (QED) is 0.883. The first-order chi connectivity index (χ1) is 8.31. The van der Waals surface area contributed by atoms with E-state index in [2.05, 4.69) is 53.7 Å². The molecule has 3 heteroatoms. The number of benzene rings is 1. The summed E-state index contributed by atoms with van der Waals surface area (Å²) < 4.78 is 0. The third kappa shape index (κ3) is 3.47. The highest BCUT2D eigenvalue weighted by atomic mass is 32.2. The highest BCUT2D eigenvalue weighted by Crippen LogP contribution is 2.23. The molecule has 0 spiro atoms. The summed E-state index contributed by atoms with van der Waals surface area (Å²) in [5.74, 6) is 1.22. The number of nitrogens with one attached hydrogen (secondary N) is 1. The Morgan fingerprint density at radius 2 is 2.12 bits per heavy atom. The van der Waals surface area contributed by atoms with E-state index in [4.69, 9.17) is 0 Å². The molecule has 1 aromatic rings. The summed E-state index contributed by atoms with van der Waals surface area (Å²) in [6.07, 6.45) is 2.18. The zero-order valence-electron chi connectivity index (χ0n) is 10.7. The molecule has 1 saturated heterocycles. The minimum atomic E-state index is 0.541. The second kappa shape index (κ2) is 6.43. The first-order valence-electron chi connectivity index (χ1n) is 6.32. The Morgan fingerprint density at radius 1 is 1.35 bits per heavy atom. The summed E-state index contributed by atoms with van der Waals surface area (Å²) >= 11 is 1.93. The number of hydrogen-bond acceptors (Lipinski definition) is 3. The van der Waals surface area contributed by atoms with Crippen molar-refractivity contribution in [3.63, 3.8) is 0 Å². The van der Waals surface area contributed by atoms with Crippen molar-refractivity contribution in [1.29, 1.82) is 0 Å². The van der Waals surface area contributed by atoms with Crippen LogP contribution in [0.5, 0.6) is 0 Å². The van der Waals surface area contributed by atoms with Gasteiger partial charge < -0.3 is 5.32 Å². The number of rotatable bonds is 4. The third-order valence-electron chi connectivity index (χ3n) is 3.38. The molecule has 0 aliphatic carbocycles. The van der Waals surface area contributed by atoms with E-state index in [9.17, 15) is 0 Å². The largest absolute Gasteiger partial charge is 0.311 e. The standard InChI is InChI=1S/C14H22N2S/c1-12-11-16(8-9-17-2)14(10-15-12)13-6-4-3-5-7-13/h3-7,12,14-15H,8-11H2,1-2H3. The Morgan fingerprint density at radius 3 is 2.82 bits per heavy atom. The molecule has 1 aromatic carbocycles. The zero-order chi connectivity index (χ0) is 12.1. The summed E-state index contributed by atoms with van der Waals surface area (Å²) in [7, 11) is 0. The van der Waals surface area contributed by atoms with Crippen LogP contribution in [0.1, 0.15) is 18.5 Å². The number of nitrogens with zero attached hydrogens (tertiary/aromatic N) is 1. The van der Waals surface area contributed by atoms with E-state index in [-0.39, 0.29) is 0 Å². The van der Waals surface area contributed by atoms with E-state index in [0.717, 1.165) is 13.1 Å². The molecular formula is C14H22N2S. The van der Waals surface area contributed by atoms with Gasteiger partial charge in [0.1, 0.15) is 0 Å². The molecule has 1 heterocycles. The fraction of sp³-hybridized carbons (Fsp3) is 0.571. The molecule has 2 unspecified atom stereocenters. The van der Waals surface area contributed by atoms with Crippen LogP contribution in [-0.2, 0) is 0 Å². The molecule has 2 rings (SSSR count). The van der Waals surface area contributed by atoms with Crippen molar-refractivity contribution in [2.24, 2.45) is 0 Å². The maximum Gasteiger partial charge on any atom is 0.0473 e. The van der Waals surface area contributed by atoms with Crippen LogP contribution in [0, 0.1) is 0 Å². The van der Waals surface area contributed by atoms with Crippen LogP contribution in [0.15, 0.2) is 30.3 Å². The summed E-state index contributed by atoms with van der Waals surface area (Å²) in [6.45, 7) is 5.68. The van der Waals surface area contributed by atoms with Crippen molar-refractivity contribution < 1.29 is 0 Å². The van der Waals surface area contributed by atoms with Gasteiger partial charge in [-0.2, -0.15) is 11.8 Å². The molecule has 1 N–H and O–H groups in total. The molecule has 0 radical (unpaired) electrons. The lowest BCUT2D eigenvalue weighted by molar-refractivity contribution is 0.144. The molecule has 1 aliphatic rings. The lowest BCUT2D eigenvalue weighted by Gasteiger charge is -2.39. The van der Waals surface area contributed by atoms with E-state index >= 15 is 0 Å². The summed E-state index contributed by atoms with van der Waals surface area (Å²) in [4.78, 5) is 2.62. The fourth-order valence-corrected chi connectivity index (χ4v) is 2.86. The molecule has 0 aromatic heterocycles. The van der Waals surface area contributed by atoms with Crippen LogP contribution in [0.2, 0.25) is 0 Å². The Bertz CT molecular complexity index is 328. The van der Waals surface area contributed by atoms with Crippen molar-refractivity contribution in [3.05, 3.63) is 35.9 Å². The molecule has 0 bridgehead atoms. The monoisotopic (exact) mass is 250 g/mol. The average Bonchev–Trinajstić information content (AvgIpc) is 2.37. The molecule has 0 amide bonds. The third-order valence-corrected chi connectivity index (χ3v) is 3.97. The van der Waals surface area contributed by atoms with E-state index in [0.29, 0.717) is 12.1 Å². The smallest absolute Gasteiger partial charge is 0.0473 e. The highest BCUT2D eigenvalue weighted by molar-refractivity contribution is 7.98. The maximum atomic E-state index is 3.59. The Hall–Kier alpha value is -0.510. The highest BCUT2D eigenvalue weighted by Gasteiger charge is 2.26. The SMILES string of the molecule is CSCCN1CC(C)NCC1c1ccccc1. The molecule has 17 heavy (non-hydrogen) atoms. The predicted molar refractivity (Wildman–Crippen MR) is 76.6 cm³/mol. The second-order valence-corrected chi connectivity index (χ2v) is 5.71. The molecular weight excluding hydrogens is 228 g/mol. The van der Waals surface area contributed by atoms with Gasteiger partial charge in [-0.15, -0.1) is 0 Å². The number of hydrogen-bond donors (Lipinski definition) is 1. The van der Waals surface area contributed by atoms with Gasteiger partial charge in [0.25, 0.3) is 0 Å². The predicted octanol–water partition coefficient (Wildman–Crippen LogP) is 2.38. The van der Waals surface area contributed by atoms with Gasteiger partial charge in [0.2, 0.25) is 0 Å². The molecule has 2 nitrogen and oxygen atoms in total. The van der Waals surface area contributed by atoms with Gasteiger partial charge >= 0.3 is 0 Å². The lowest BCUT2D eigenvalue weighted by atomic mass is 10.0. The normalized spacial score (nSPS) is 26.0. The molecule has 1 aliphatic heterocycles. The van der Waals surface area contributed by atoms with Crippen LogP contribution in [0.4, 0.5) is 0 Å². The van der Waals surface area contributed by atoms with Crippen LogP contribution >= 0.6 is 11.8 Å². The molecule has 1 fully saturated rings. The topological polar surface area (TPSA) is 15.3 Å². The zero-order valence-corrected chi connectivity index (χ0v) is 11.5. The lowest BCUT2D eigenvalue weighted by Crippen LogP contribution is -2.51. The van der Waals surface area contributed by atoms with Crippen LogP contribution in [0.25, 0.3) is 0 Å². The number of piperazine rings is 1. The van der Waals surface area contributed by atoms with E-state index in [1.54, 1.807) is 0 Å². The van der Waals surface area contributed by atoms with E-state index in [1.807, 2.05) is 11.8 Å². The summed E-state index contributed by atoms with van der Waals surface area (Å²) in [6, 6.07) is 12.0. The Kier molecular flexibility index (Phi) is 4.89. The van der Waals surface area contributed by atoms with Crippen molar-refractivity contribution >= 4 is 11.8 Å². The second-order valence-electron chi connectivity index (χ2n) is 4.72.